The van der Waals surface area contributed by atoms with Gasteiger partial charge < -0.3 is 19.8 Å². The predicted octanol–water partition coefficient (Wildman–Crippen LogP) is 2.66. The Balaban J connectivity index is 0.00000208. The van der Waals surface area contributed by atoms with E-state index in [2.05, 4.69) is 12.1 Å². The molecule has 1 aromatic carbocycles. The molecule has 1 aliphatic heterocycles. The molecular formula is C18H23ClN2O3. The third kappa shape index (κ3) is 3.80. The number of rotatable bonds is 5. The molecule has 0 unspecified atom stereocenters. The molecule has 3 rings (SSSR count). The Hall–Kier alpha value is -1.82. The van der Waals surface area contributed by atoms with Crippen LogP contribution in [0, 0.1) is 5.92 Å². The molecule has 2 aromatic rings. The second-order valence-electron chi connectivity index (χ2n) is 5.92. The van der Waals surface area contributed by atoms with E-state index in [0.717, 1.165) is 0 Å². The highest BCUT2D eigenvalue weighted by Gasteiger charge is 2.36. The largest absolute Gasteiger partial charge is 0.453 e. The van der Waals surface area contributed by atoms with Crippen LogP contribution in [0.2, 0.25) is 0 Å². The van der Waals surface area contributed by atoms with Crippen molar-refractivity contribution in [2.75, 3.05) is 26.7 Å². The summed E-state index contributed by atoms with van der Waals surface area (Å²) in [5.74, 6) is 1.49. The lowest BCUT2D eigenvalue weighted by atomic mass is 9.89. The maximum absolute atomic E-state index is 12.7. The topological polar surface area (TPSA) is 68.7 Å². The van der Waals surface area contributed by atoms with Gasteiger partial charge in [-0.2, -0.15) is 0 Å². The summed E-state index contributed by atoms with van der Waals surface area (Å²) >= 11 is 0. The molecule has 0 bridgehead atoms. The van der Waals surface area contributed by atoms with Gasteiger partial charge in [-0.05, 0) is 30.2 Å². The number of halogens is 1. The van der Waals surface area contributed by atoms with Crippen LogP contribution >= 0.6 is 12.4 Å². The van der Waals surface area contributed by atoms with Crippen LogP contribution in [0.1, 0.15) is 27.8 Å². The molecule has 0 saturated carbocycles. The van der Waals surface area contributed by atoms with Crippen LogP contribution in [0.4, 0.5) is 0 Å². The zero-order chi connectivity index (χ0) is 16.2. The van der Waals surface area contributed by atoms with Crippen molar-refractivity contribution >= 4 is 18.3 Å². The van der Waals surface area contributed by atoms with Gasteiger partial charge in [0, 0.05) is 26.1 Å². The second kappa shape index (κ2) is 8.33. The lowest BCUT2D eigenvalue weighted by Crippen LogP contribution is -2.29. The molecule has 0 spiro atoms. The average Bonchev–Trinajstić information content (AvgIpc) is 3.22. The first-order valence-electron chi connectivity index (χ1n) is 7.85. The summed E-state index contributed by atoms with van der Waals surface area (Å²) in [6, 6.07) is 13.7. The van der Waals surface area contributed by atoms with E-state index in [0.29, 0.717) is 37.8 Å². The molecule has 1 saturated heterocycles. The summed E-state index contributed by atoms with van der Waals surface area (Å²) in [7, 11) is 1.60. The third-order valence-corrected chi connectivity index (χ3v) is 4.42. The zero-order valence-corrected chi connectivity index (χ0v) is 14.5. The highest BCUT2D eigenvalue weighted by Crippen LogP contribution is 2.32. The number of hydrogen-bond acceptors (Lipinski definition) is 4. The van der Waals surface area contributed by atoms with Gasteiger partial charge in [0.05, 0.1) is 0 Å². The number of likely N-dealkylation sites (tertiary alicyclic amines) is 1. The highest BCUT2D eigenvalue weighted by molar-refractivity contribution is 5.91. The Kier molecular flexibility index (Phi) is 6.43. The van der Waals surface area contributed by atoms with E-state index in [4.69, 9.17) is 14.9 Å². The molecule has 1 aromatic heterocycles. The Bertz CT molecular complexity index is 659. The van der Waals surface area contributed by atoms with E-state index in [1.165, 1.54) is 5.56 Å². The van der Waals surface area contributed by atoms with Gasteiger partial charge in [-0.1, -0.05) is 30.3 Å². The summed E-state index contributed by atoms with van der Waals surface area (Å²) in [6.07, 6.45) is 0. The molecule has 1 aliphatic rings. The third-order valence-electron chi connectivity index (χ3n) is 4.42. The van der Waals surface area contributed by atoms with Crippen molar-refractivity contribution in [3.8, 4) is 0 Å². The number of ether oxygens (including phenoxy) is 1. The maximum atomic E-state index is 12.7. The van der Waals surface area contributed by atoms with Crippen LogP contribution in [0.5, 0.6) is 0 Å². The number of amides is 1. The van der Waals surface area contributed by atoms with E-state index < -0.39 is 0 Å². The molecule has 130 valence electrons. The molecule has 6 heteroatoms. The smallest absolute Gasteiger partial charge is 0.289 e. The minimum absolute atomic E-state index is 0. The number of furan rings is 1. The van der Waals surface area contributed by atoms with Crippen LogP contribution in [-0.2, 0) is 11.3 Å². The van der Waals surface area contributed by atoms with Crippen molar-refractivity contribution in [2.45, 2.75) is 12.5 Å². The molecular weight excluding hydrogens is 328 g/mol. The van der Waals surface area contributed by atoms with Gasteiger partial charge in [-0.15, -0.1) is 12.4 Å². The van der Waals surface area contributed by atoms with E-state index in [-0.39, 0.29) is 30.2 Å². The van der Waals surface area contributed by atoms with E-state index >= 15 is 0 Å². The Labute approximate surface area is 148 Å². The van der Waals surface area contributed by atoms with Gasteiger partial charge in [-0.3, -0.25) is 4.79 Å². The monoisotopic (exact) mass is 350 g/mol. The first-order valence-corrected chi connectivity index (χ1v) is 7.85. The Morgan fingerprint density at radius 3 is 2.67 bits per heavy atom. The first-order chi connectivity index (χ1) is 11.2. The molecule has 2 atom stereocenters. The quantitative estimate of drug-likeness (QED) is 0.900. The second-order valence-corrected chi connectivity index (χ2v) is 5.92. The minimum Gasteiger partial charge on any atom is -0.453 e. The number of methoxy groups -OCH3 is 1. The Morgan fingerprint density at radius 1 is 1.25 bits per heavy atom. The van der Waals surface area contributed by atoms with Gasteiger partial charge in [0.2, 0.25) is 0 Å². The van der Waals surface area contributed by atoms with E-state index in [1.54, 1.807) is 19.2 Å². The summed E-state index contributed by atoms with van der Waals surface area (Å²) in [4.78, 5) is 14.5. The number of hydrogen-bond donors (Lipinski definition) is 1. The lowest BCUT2D eigenvalue weighted by molar-refractivity contribution is 0.0747. The fraction of sp³-hybridized carbons (Fsp3) is 0.389. The summed E-state index contributed by atoms with van der Waals surface area (Å²) < 4.78 is 10.6. The summed E-state index contributed by atoms with van der Waals surface area (Å²) in [5.41, 5.74) is 7.16. The maximum Gasteiger partial charge on any atom is 0.289 e. The van der Waals surface area contributed by atoms with Crippen LogP contribution in [-0.4, -0.2) is 37.6 Å². The van der Waals surface area contributed by atoms with Gasteiger partial charge in [0.1, 0.15) is 12.4 Å². The van der Waals surface area contributed by atoms with Gasteiger partial charge >= 0.3 is 0 Å². The first kappa shape index (κ1) is 18.5. The molecule has 5 nitrogen and oxygen atoms in total. The molecule has 1 amide bonds. The number of nitrogens with zero attached hydrogens (tertiary/aromatic N) is 1. The molecule has 0 aliphatic carbocycles. The van der Waals surface area contributed by atoms with Gasteiger partial charge in [-0.25, -0.2) is 0 Å². The summed E-state index contributed by atoms with van der Waals surface area (Å²) in [5, 5.41) is 0. The number of benzene rings is 1. The standard InChI is InChI=1S/C18H22N2O3.ClH/c1-22-12-15-7-8-17(23-15)18(21)20-10-14(9-19)16(11-20)13-5-3-2-4-6-13;/h2-8,14,16H,9-12,19H2,1H3;1H/t14-,16+;/m1./s1. The van der Waals surface area contributed by atoms with Crippen molar-refractivity contribution in [2.24, 2.45) is 11.7 Å². The average molecular weight is 351 g/mol. The van der Waals surface area contributed by atoms with Crippen molar-refractivity contribution in [3.63, 3.8) is 0 Å². The predicted molar refractivity (Wildman–Crippen MR) is 94.3 cm³/mol. The van der Waals surface area contributed by atoms with Crippen molar-refractivity contribution < 1.29 is 13.9 Å². The van der Waals surface area contributed by atoms with Gasteiger partial charge in [0.15, 0.2) is 5.76 Å². The van der Waals surface area contributed by atoms with Crippen LogP contribution in [0.15, 0.2) is 46.9 Å². The number of nitrogens with two attached hydrogens (primary N) is 1. The van der Waals surface area contributed by atoms with Crippen molar-refractivity contribution in [1.82, 2.24) is 4.90 Å². The zero-order valence-electron chi connectivity index (χ0n) is 13.7. The van der Waals surface area contributed by atoms with Crippen LogP contribution < -0.4 is 5.73 Å². The van der Waals surface area contributed by atoms with E-state index in [9.17, 15) is 4.79 Å². The number of carbonyl (C=O) groups excluding carboxylic acids is 1. The minimum atomic E-state index is -0.0794. The van der Waals surface area contributed by atoms with E-state index in [1.807, 2.05) is 23.1 Å². The molecule has 1 fully saturated rings. The molecule has 2 heterocycles. The SMILES string of the molecule is COCc1ccc(C(=O)N2C[C@@H](CN)[C@H](c3ccccc3)C2)o1.Cl. The molecule has 24 heavy (non-hydrogen) atoms. The molecule has 0 radical (unpaired) electrons. The normalized spacial score (nSPS) is 20.0. The van der Waals surface area contributed by atoms with Gasteiger partial charge in [0.25, 0.3) is 5.91 Å². The lowest BCUT2D eigenvalue weighted by Gasteiger charge is -2.16. The summed E-state index contributed by atoms with van der Waals surface area (Å²) in [6.45, 7) is 2.27. The van der Waals surface area contributed by atoms with Crippen LogP contribution in [0.25, 0.3) is 0 Å². The fourth-order valence-corrected chi connectivity index (χ4v) is 3.22. The van der Waals surface area contributed by atoms with Crippen molar-refractivity contribution in [3.05, 3.63) is 59.5 Å². The van der Waals surface area contributed by atoms with Crippen LogP contribution in [0.3, 0.4) is 0 Å². The number of carbonyl (C=O) groups is 1. The highest BCUT2D eigenvalue weighted by atomic mass is 35.5. The molecule has 2 N–H and O–H groups in total. The Morgan fingerprint density at radius 2 is 2.00 bits per heavy atom. The van der Waals surface area contributed by atoms with Crippen molar-refractivity contribution in [1.29, 1.82) is 0 Å². The fourth-order valence-electron chi connectivity index (χ4n) is 3.22.